The Labute approximate surface area is 147 Å². The molecule has 1 N–H and O–H groups in total. The molecule has 5 nitrogen and oxygen atoms in total. The number of hydrogen-bond donors (Lipinski definition) is 1. The summed E-state index contributed by atoms with van der Waals surface area (Å²) in [6.45, 7) is 2.47. The number of amides is 1. The van der Waals surface area contributed by atoms with Crippen LogP contribution in [0.5, 0.6) is 5.75 Å². The third-order valence-corrected chi connectivity index (χ3v) is 4.31. The van der Waals surface area contributed by atoms with Gasteiger partial charge in [-0.1, -0.05) is 35.9 Å². The lowest BCUT2D eigenvalue weighted by Gasteiger charge is -2.23. The Hall–Kier alpha value is -2.82. The van der Waals surface area contributed by atoms with Crippen LogP contribution in [0, 0.1) is 6.92 Å². The average Bonchev–Trinajstić information content (AvgIpc) is 2.62. The molecule has 0 radical (unpaired) electrons. The van der Waals surface area contributed by atoms with E-state index in [1.807, 2.05) is 37.3 Å². The van der Waals surface area contributed by atoms with E-state index in [-0.39, 0.29) is 5.91 Å². The van der Waals surface area contributed by atoms with Crippen molar-refractivity contribution in [3.05, 3.63) is 64.7 Å². The molecule has 0 saturated carbocycles. The molecule has 1 aliphatic rings. The smallest absolute Gasteiger partial charge is 0.339 e. The maximum absolute atomic E-state index is 12.3. The summed E-state index contributed by atoms with van der Waals surface area (Å²) in [7, 11) is 1.63. The van der Waals surface area contributed by atoms with Crippen LogP contribution in [0.2, 0.25) is 0 Å². The summed E-state index contributed by atoms with van der Waals surface area (Å²) in [6.07, 6.45) is 0.275. The lowest BCUT2D eigenvalue weighted by atomic mass is 9.98. The number of rotatable bonds is 5. The second kappa shape index (κ2) is 7.38. The van der Waals surface area contributed by atoms with E-state index in [1.54, 1.807) is 19.2 Å². The van der Waals surface area contributed by atoms with Crippen molar-refractivity contribution >= 4 is 11.9 Å². The number of ether oxygens (including phenoxy) is 2. The first-order valence-corrected chi connectivity index (χ1v) is 8.28. The van der Waals surface area contributed by atoms with E-state index >= 15 is 0 Å². The quantitative estimate of drug-likeness (QED) is 0.850. The summed E-state index contributed by atoms with van der Waals surface area (Å²) in [5.41, 5.74) is 3.56. The van der Waals surface area contributed by atoms with Gasteiger partial charge >= 0.3 is 5.97 Å². The molecule has 0 spiro atoms. The molecule has 1 unspecified atom stereocenters. The van der Waals surface area contributed by atoms with E-state index < -0.39 is 12.1 Å². The van der Waals surface area contributed by atoms with Gasteiger partial charge in [-0.05, 0) is 36.6 Å². The zero-order valence-corrected chi connectivity index (χ0v) is 14.4. The number of carbonyl (C=O) groups is 2. The highest BCUT2D eigenvalue weighted by Crippen LogP contribution is 2.21. The van der Waals surface area contributed by atoms with Crippen molar-refractivity contribution in [1.29, 1.82) is 0 Å². The van der Waals surface area contributed by atoms with Gasteiger partial charge < -0.3 is 14.8 Å². The summed E-state index contributed by atoms with van der Waals surface area (Å²) in [4.78, 5) is 24.3. The molecule has 1 aliphatic heterocycles. The Bertz CT molecular complexity index is 800. The molecule has 3 rings (SSSR count). The van der Waals surface area contributed by atoms with Gasteiger partial charge in [-0.25, -0.2) is 4.79 Å². The Balaban J connectivity index is 1.59. The fraction of sp³-hybridized carbons (Fsp3) is 0.300. The predicted molar refractivity (Wildman–Crippen MR) is 93.8 cm³/mol. The molecule has 0 aliphatic carbocycles. The maximum atomic E-state index is 12.3. The lowest BCUT2D eigenvalue weighted by molar-refractivity contribution is -0.130. The zero-order valence-electron chi connectivity index (χ0n) is 14.4. The molecule has 2 aromatic carbocycles. The van der Waals surface area contributed by atoms with Crippen molar-refractivity contribution in [2.75, 3.05) is 13.7 Å². The Morgan fingerprint density at radius 2 is 2.08 bits per heavy atom. The SMILES string of the molecule is COc1ccc(C)cc1CCNC(=O)C1Cc2ccccc2C(=O)O1. The molecular formula is C20H21NO4. The van der Waals surface area contributed by atoms with Crippen molar-refractivity contribution in [1.82, 2.24) is 5.32 Å². The van der Waals surface area contributed by atoms with E-state index in [0.29, 0.717) is 24.9 Å². The molecule has 0 bridgehead atoms. The number of carbonyl (C=O) groups excluding carboxylic acids is 2. The molecule has 5 heteroatoms. The molecule has 0 saturated heterocycles. The van der Waals surface area contributed by atoms with Gasteiger partial charge in [0, 0.05) is 13.0 Å². The summed E-state index contributed by atoms with van der Waals surface area (Å²) in [5, 5.41) is 2.85. The summed E-state index contributed by atoms with van der Waals surface area (Å²) >= 11 is 0. The molecule has 0 fully saturated rings. The molecular weight excluding hydrogens is 318 g/mol. The minimum absolute atomic E-state index is 0.269. The second-order valence-corrected chi connectivity index (χ2v) is 6.11. The van der Waals surface area contributed by atoms with Gasteiger partial charge in [0.25, 0.3) is 5.91 Å². The van der Waals surface area contributed by atoms with Crippen LogP contribution in [0.15, 0.2) is 42.5 Å². The number of methoxy groups -OCH3 is 1. The van der Waals surface area contributed by atoms with E-state index in [9.17, 15) is 9.59 Å². The van der Waals surface area contributed by atoms with Gasteiger partial charge in [-0.3, -0.25) is 4.79 Å². The van der Waals surface area contributed by atoms with E-state index in [4.69, 9.17) is 9.47 Å². The first kappa shape index (κ1) is 17.0. The van der Waals surface area contributed by atoms with Crippen molar-refractivity contribution in [2.24, 2.45) is 0 Å². The average molecular weight is 339 g/mol. The lowest BCUT2D eigenvalue weighted by Crippen LogP contribution is -2.42. The van der Waals surface area contributed by atoms with Crippen LogP contribution in [-0.2, 0) is 22.4 Å². The Morgan fingerprint density at radius 1 is 1.28 bits per heavy atom. The number of esters is 1. The molecule has 0 aromatic heterocycles. The van der Waals surface area contributed by atoms with Gasteiger partial charge in [0.15, 0.2) is 6.10 Å². The number of nitrogens with one attached hydrogen (secondary N) is 1. The number of fused-ring (bicyclic) bond motifs is 1. The van der Waals surface area contributed by atoms with Gasteiger partial charge in [0.05, 0.1) is 12.7 Å². The predicted octanol–water partition coefficient (Wildman–Crippen LogP) is 2.44. The monoisotopic (exact) mass is 339 g/mol. The second-order valence-electron chi connectivity index (χ2n) is 6.11. The van der Waals surface area contributed by atoms with Crippen molar-refractivity contribution < 1.29 is 19.1 Å². The molecule has 2 aromatic rings. The van der Waals surface area contributed by atoms with Crippen LogP contribution in [0.1, 0.15) is 27.0 Å². The van der Waals surface area contributed by atoms with E-state index in [0.717, 1.165) is 22.4 Å². The number of aryl methyl sites for hydroxylation is 1. The van der Waals surface area contributed by atoms with Gasteiger partial charge in [-0.2, -0.15) is 0 Å². The van der Waals surface area contributed by atoms with Crippen LogP contribution >= 0.6 is 0 Å². The molecule has 1 amide bonds. The largest absolute Gasteiger partial charge is 0.496 e. The topological polar surface area (TPSA) is 64.6 Å². The standard InChI is InChI=1S/C20H21NO4/c1-13-7-8-17(24-2)15(11-13)9-10-21-19(22)18-12-14-5-3-4-6-16(14)20(23)25-18/h3-8,11,18H,9-10,12H2,1-2H3,(H,21,22). The third kappa shape index (κ3) is 3.82. The fourth-order valence-electron chi connectivity index (χ4n) is 3.01. The number of benzene rings is 2. The van der Waals surface area contributed by atoms with E-state index in [1.165, 1.54) is 0 Å². The molecule has 130 valence electrons. The number of hydrogen-bond acceptors (Lipinski definition) is 4. The van der Waals surface area contributed by atoms with Crippen molar-refractivity contribution in [2.45, 2.75) is 25.9 Å². The van der Waals surface area contributed by atoms with Crippen LogP contribution in [0.4, 0.5) is 0 Å². The summed E-state index contributed by atoms with van der Waals surface area (Å²) in [6, 6.07) is 13.2. The number of cyclic esters (lactones) is 1. The van der Waals surface area contributed by atoms with Crippen molar-refractivity contribution in [3.8, 4) is 5.75 Å². The Kier molecular flexibility index (Phi) is 5.03. The summed E-state index contributed by atoms with van der Waals surface area (Å²) < 4.78 is 10.6. The van der Waals surface area contributed by atoms with E-state index in [2.05, 4.69) is 5.32 Å². The van der Waals surface area contributed by atoms with Gasteiger partial charge in [0.1, 0.15) is 5.75 Å². The molecule has 25 heavy (non-hydrogen) atoms. The highest BCUT2D eigenvalue weighted by atomic mass is 16.5. The minimum atomic E-state index is -0.776. The van der Waals surface area contributed by atoms with Crippen LogP contribution < -0.4 is 10.1 Å². The third-order valence-electron chi connectivity index (χ3n) is 4.31. The van der Waals surface area contributed by atoms with Crippen LogP contribution in [0.25, 0.3) is 0 Å². The molecule has 1 atom stereocenters. The van der Waals surface area contributed by atoms with Crippen LogP contribution in [0.3, 0.4) is 0 Å². The molecule has 1 heterocycles. The van der Waals surface area contributed by atoms with Gasteiger partial charge in [0.2, 0.25) is 0 Å². The normalized spacial score (nSPS) is 15.9. The zero-order chi connectivity index (χ0) is 17.8. The first-order chi connectivity index (χ1) is 12.1. The fourth-order valence-corrected chi connectivity index (χ4v) is 3.01. The summed E-state index contributed by atoms with van der Waals surface area (Å²) in [5.74, 6) is 0.0923. The highest BCUT2D eigenvalue weighted by molar-refractivity contribution is 5.95. The van der Waals surface area contributed by atoms with Crippen molar-refractivity contribution in [3.63, 3.8) is 0 Å². The van der Waals surface area contributed by atoms with Gasteiger partial charge in [-0.15, -0.1) is 0 Å². The van der Waals surface area contributed by atoms with Crippen LogP contribution in [-0.4, -0.2) is 31.6 Å². The Morgan fingerprint density at radius 3 is 2.88 bits per heavy atom. The minimum Gasteiger partial charge on any atom is -0.496 e. The first-order valence-electron chi connectivity index (χ1n) is 8.28. The highest BCUT2D eigenvalue weighted by Gasteiger charge is 2.30. The maximum Gasteiger partial charge on any atom is 0.339 e.